The highest BCUT2D eigenvalue weighted by atomic mass is 16.7. The molecule has 1 fully saturated rings. The Morgan fingerprint density at radius 3 is 2.67 bits per heavy atom. The molecule has 0 spiro atoms. The summed E-state index contributed by atoms with van der Waals surface area (Å²) >= 11 is 0. The summed E-state index contributed by atoms with van der Waals surface area (Å²) < 4.78 is 23.1. The van der Waals surface area contributed by atoms with E-state index in [1.807, 2.05) is 31.2 Å². The zero-order valence-corrected chi connectivity index (χ0v) is 26.4. The fraction of sp³-hybridized carbons (Fsp3) is 0.452. The minimum atomic E-state index is -1.52. The van der Waals surface area contributed by atoms with Crippen LogP contribution in [-0.4, -0.2) is 72.2 Å². The Hall–Kier alpha value is -5.23. The predicted octanol–water partition coefficient (Wildman–Crippen LogP) is 1.15. The van der Waals surface area contributed by atoms with E-state index in [0.29, 0.717) is 30.3 Å². The quantitative estimate of drug-likeness (QED) is 0.162. The molecule has 1 aliphatic rings. The number of aromatic nitrogens is 6. The molecule has 0 aliphatic carbocycles. The van der Waals surface area contributed by atoms with Gasteiger partial charge in [-0.2, -0.15) is 4.98 Å². The van der Waals surface area contributed by atoms with Crippen LogP contribution in [-0.2, 0) is 34.4 Å². The number of hydrogen-bond acceptors (Lipinski definition) is 11. The number of piperidine rings is 1. The van der Waals surface area contributed by atoms with Crippen LogP contribution in [0.25, 0.3) is 22.1 Å². The summed E-state index contributed by atoms with van der Waals surface area (Å²) in [6.45, 7) is 6.68. The van der Waals surface area contributed by atoms with Crippen molar-refractivity contribution in [3.63, 3.8) is 0 Å². The molecule has 15 nitrogen and oxygen atoms in total. The lowest BCUT2D eigenvalue weighted by Gasteiger charge is -2.33. The molecule has 3 atom stereocenters. The molecule has 1 aromatic carbocycles. The smallest absolute Gasteiger partial charge is 0.410 e. The zero-order valence-electron chi connectivity index (χ0n) is 27.4. The van der Waals surface area contributed by atoms with E-state index in [0.717, 1.165) is 15.6 Å². The monoisotopic (exact) mass is 632 g/mol. The Balaban J connectivity index is 1.48. The molecule has 0 radical (unpaired) electrons. The summed E-state index contributed by atoms with van der Waals surface area (Å²) in [7, 11) is 1.53. The van der Waals surface area contributed by atoms with Crippen LogP contribution in [0.1, 0.15) is 46.5 Å². The third kappa shape index (κ3) is 6.57. The average Bonchev–Trinajstić information content (AvgIpc) is 3.40. The topological polar surface area (TPSA) is 181 Å². The fourth-order valence-corrected chi connectivity index (χ4v) is 5.32. The molecule has 3 unspecified atom stereocenters. The van der Waals surface area contributed by atoms with Crippen molar-refractivity contribution in [1.29, 1.82) is 0 Å². The van der Waals surface area contributed by atoms with Gasteiger partial charge in [0, 0.05) is 44.2 Å². The van der Waals surface area contributed by atoms with Gasteiger partial charge in [-0.25, -0.2) is 19.6 Å². The number of imidazole rings is 1. The number of nitrogens with zero attached hydrogens (tertiary/aromatic N) is 7. The van der Waals surface area contributed by atoms with E-state index in [1.165, 1.54) is 25.5 Å². The molecule has 15 heteroatoms. The number of aryl methyl sites for hydroxylation is 2. The van der Waals surface area contributed by atoms with Gasteiger partial charge in [-0.15, -0.1) is 5.92 Å². The molecule has 4 aromatic rings. The fourth-order valence-electron chi connectivity index (χ4n) is 5.32. The molecule has 3 aromatic heterocycles. The number of nitrogens with one attached hydrogen (secondary N) is 1. The van der Waals surface area contributed by atoms with Crippen molar-refractivity contribution in [3.05, 3.63) is 56.6 Å². The van der Waals surface area contributed by atoms with Crippen molar-refractivity contribution in [2.45, 2.75) is 72.0 Å². The highest BCUT2D eigenvalue weighted by Gasteiger charge is 2.29. The van der Waals surface area contributed by atoms with E-state index in [2.05, 4.69) is 27.1 Å². The SMILES string of the molecule is [2H]C1(NC(=O)OC(C)OC(=O)C(C)N)CCCN(c2nc3c(c(=O)n(Cc4nc(C)c5ccccc5n4)c(=O)n3C)n2CC#CC)C1. The highest BCUT2D eigenvalue weighted by molar-refractivity contribution is 5.80. The lowest BCUT2D eigenvalue weighted by molar-refractivity contribution is -0.166. The lowest BCUT2D eigenvalue weighted by atomic mass is 10.1. The Morgan fingerprint density at radius 2 is 1.93 bits per heavy atom. The van der Waals surface area contributed by atoms with Crippen molar-refractivity contribution in [1.82, 2.24) is 34.0 Å². The number of alkyl carbamates (subject to hydrolysis) is 1. The Morgan fingerprint density at radius 1 is 1.17 bits per heavy atom. The molecule has 3 N–H and O–H groups in total. The van der Waals surface area contributed by atoms with Crippen LogP contribution in [0.3, 0.4) is 0 Å². The number of rotatable bonds is 8. The van der Waals surface area contributed by atoms with Crippen LogP contribution in [0.4, 0.5) is 10.7 Å². The van der Waals surface area contributed by atoms with E-state index < -0.39 is 41.7 Å². The number of anilines is 1. The molecular formula is C31H37N9O6. The van der Waals surface area contributed by atoms with Gasteiger partial charge in [0.2, 0.25) is 12.2 Å². The minimum Gasteiger partial charge on any atom is -0.424 e. The Bertz CT molecular complexity index is 2040. The first-order chi connectivity index (χ1) is 22.3. The number of nitrogens with two attached hydrogens (primary N) is 1. The number of carbonyl (C=O) groups excluding carboxylic acids is 2. The Labute approximate surface area is 265 Å². The molecular weight excluding hydrogens is 594 g/mol. The van der Waals surface area contributed by atoms with Gasteiger partial charge in [-0.05, 0) is 39.7 Å². The average molecular weight is 633 g/mol. The number of amides is 1. The van der Waals surface area contributed by atoms with Crippen LogP contribution in [0, 0.1) is 18.8 Å². The third-order valence-electron chi connectivity index (χ3n) is 7.54. The van der Waals surface area contributed by atoms with Gasteiger partial charge < -0.3 is 25.4 Å². The second-order valence-corrected chi connectivity index (χ2v) is 11.0. The summed E-state index contributed by atoms with van der Waals surface area (Å²) in [6, 6.07) is 5.09. The van der Waals surface area contributed by atoms with Crippen LogP contribution < -0.4 is 27.2 Å². The number of hydrogen-bond donors (Lipinski definition) is 2. The van der Waals surface area contributed by atoms with E-state index in [1.54, 1.807) is 16.4 Å². The van der Waals surface area contributed by atoms with Gasteiger partial charge in [0.15, 0.2) is 11.2 Å². The minimum absolute atomic E-state index is 0.0225. The summed E-state index contributed by atoms with van der Waals surface area (Å²) in [5, 5.41) is 3.43. The van der Waals surface area contributed by atoms with Gasteiger partial charge in [0.05, 0.1) is 20.0 Å². The van der Waals surface area contributed by atoms with Gasteiger partial charge in [0.1, 0.15) is 11.9 Å². The summed E-state index contributed by atoms with van der Waals surface area (Å²) in [4.78, 5) is 67.6. The molecule has 46 heavy (non-hydrogen) atoms. The molecule has 242 valence electrons. The molecule has 0 saturated carbocycles. The third-order valence-corrected chi connectivity index (χ3v) is 7.54. The van der Waals surface area contributed by atoms with Crippen molar-refractivity contribution in [2.75, 3.05) is 18.0 Å². The highest BCUT2D eigenvalue weighted by Crippen LogP contribution is 2.24. The predicted molar refractivity (Wildman–Crippen MR) is 170 cm³/mol. The zero-order chi connectivity index (χ0) is 34.0. The van der Waals surface area contributed by atoms with E-state index in [-0.39, 0.29) is 37.2 Å². The maximum atomic E-state index is 14.0. The normalized spacial score (nSPS) is 18.0. The maximum absolute atomic E-state index is 14.0. The van der Waals surface area contributed by atoms with Crippen molar-refractivity contribution in [2.24, 2.45) is 12.8 Å². The molecule has 5 rings (SSSR count). The van der Waals surface area contributed by atoms with Crippen LogP contribution in [0.15, 0.2) is 33.9 Å². The van der Waals surface area contributed by atoms with Crippen LogP contribution >= 0.6 is 0 Å². The van der Waals surface area contributed by atoms with Crippen molar-refractivity contribution in [3.8, 4) is 11.8 Å². The molecule has 0 bridgehead atoms. The molecule has 1 aliphatic heterocycles. The first-order valence-electron chi connectivity index (χ1n) is 15.3. The van der Waals surface area contributed by atoms with E-state index >= 15 is 0 Å². The number of ether oxygens (including phenoxy) is 2. The first kappa shape index (κ1) is 30.8. The first-order valence-corrected chi connectivity index (χ1v) is 14.8. The second-order valence-electron chi connectivity index (χ2n) is 11.0. The number of fused-ring (bicyclic) bond motifs is 2. The second kappa shape index (κ2) is 13.4. The molecule has 4 heterocycles. The number of esters is 1. The molecule has 1 amide bonds. The van der Waals surface area contributed by atoms with Gasteiger partial charge in [0.25, 0.3) is 5.56 Å². The standard InChI is InChI=1S/C31H37N9O6/c1-6-7-15-39-25-26(36-29(39)38-14-10-11-21(16-38)34-30(43)46-20(4)45-28(42)18(2)32)37(5)31(44)40(27(25)41)17-24-33-19(3)22-12-8-9-13-23(22)35-24/h8-9,12-13,18,20-21H,10-11,14-17,32H2,1-5H3,(H,34,43)/i21D. The maximum Gasteiger partial charge on any atom is 0.410 e. The van der Waals surface area contributed by atoms with Crippen LogP contribution in [0.2, 0.25) is 0 Å². The van der Waals surface area contributed by atoms with E-state index in [9.17, 15) is 19.2 Å². The summed E-state index contributed by atoms with van der Waals surface area (Å²) in [5.74, 6) is 5.70. The number of carbonyl (C=O) groups is 2. The van der Waals surface area contributed by atoms with Gasteiger partial charge >= 0.3 is 17.8 Å². The summed E-state index contributed by atoms with van der Waals surface area (Å²) in [5.41, 5.74) is 6.05. The van der Waals surface area contributed by atoms with Crippen molar-refractivity contribution < 1.29 is 20.4 Å². The van der Waals surface area contributed by atoms with E-state index in [4.69, 9.17) is 21.6 Å². The van der Waals surface area contributed by atoms with Crippen molar-refractivity contribution >= 4 is 40.1 Å². The molecule has 1 saturated heterocycles. The van der Waals surface area contributed by atoms with Gasteiger partial charge in [-0.1, -0.05) is 24.1 Å². The Kier molecular flexibility index (Phi) is 8.97. The lowest BCUT2D eigenvalue weighted by Crippen LogP contribution is -2.49. The summed E-state index contributed by atoms with van der Waals surface area (Å²) in [6.07, 6.45) is -1.39. The van der Waals surface area contributed by atoms with Crippen LogP contribution in [0.5, 0.6) is 0 Å². The van der Waals surface area contributed by atoms with Gasteiger partial charge in [-0.3, -0.25) is 23.3 Å². The number of benzene rings is 1. The number of para-hydroxylation sites is 1. The largest absolute Gasteiger partial charge is 0.424 e.